The highest BCUT2D eigenvalue weighted by Gasteiger charge is 2.23. The fourth-order valence-electron chi connectivity index (χ4n) is 2.16. The van der Waals surface area contributed by atoms with Crippen LogP contribution in [0, 0.1) is 9.49 Å². The summed E-state index contributed by atoms with van der Waals surface area (Å²) in [4.78, 5) is 14.3. The summed E-state index contributed by atoms with van der Waals surface area (Å²) in [6.45, 7) is 1.98. The van der Waals surface area contributed by atoms with E-state index in [0.29, 0.717) is 0 Å². The predicted molar refractivity (Wildman–Crippen MR) is 78.0 cm³/mol. The van der Waals surface area contributed by atoms with Crippen LogP contribution in [0.2, 0.25) is 0 Å². The molecule has 0 aliphatic carbocycles. The molecule has 0 aromatic heterocycles. The lowest BCUT2D eigenvalue weighted by atomic mass is 9.97. The second-order valence-corrected chi connectivity index (χ2v) is 5.84. The molecule has 0 saturated carbocycles. The summed E-state index contributed by atoms with van der Waals surface area (Å²) in [6, 6.07) is 7.91. The first kappa shape index (κ1) is 12.8. The third-order valence-electron chi connectivity index (χ3n) is 3.11. The number of halogens is 1. The number of hydrogen-bond donors (Lipinski definition) is 1. The molecule has 1 saturated heterocycles. The Morgan fingerprint density at radius 1 is 1.41 bits per heavy atom. The van der Waals surface area contributed by atoms with Crippen molar-refractivity contribution in [3.05, 3.63) is 27.8 Å². The molecule has 1 amide bonds. The van der Waals surface area contributed by atoms with Gasteiger partial charge in [-0.1, -0.05) is 0 Å². The summed E-state index contributed by atoms with van der Waals surface area (Å²) in [5.74, 6) is 0.283. The van der Waals surface area contributed by atoms with Gasteiger partial charge in [-0.3, -0.25) is 4.79 Å². The van der Waals surface area contributed by atoms with Crippen molar-refractivity contribution in [2.45, 2.75) is 12.8 Å². The van der Waals surface area contributed by atoms with Crippen molar-refractivity contribution >= 4 is 34.2 Å². The van der Waals surface area contributed by atoms with E-state index < -0.39 is 0 Å². The van der Waals surface area contributed by atoms with Gasteiger partial charge in [-0.05, 0) is 73.3 Å². The highest BCUT2D eigenvalue weighted by atomic mass is 127. The summed E-state index contributed by atoms with van der Waals surface area (Å²) in [5, 5.41) is 2.99. The van der Waals surface area contributed by atoms with Crippen molar-refractivity contribution in [2.75, 3.05) is 25.5 Å². The molecule has 1 aliphatic heterocycles. The summed E-state index contributed by atoms with van der Waals surface area (Å²) in [5.41, 5.74) is 0.892. The number of hydrogen-bond acceptors (Lipinski definition) is 2. The number of anilines is 1. The zero-order chi connectivity index (χ0) is 12.3. The van der Waals surface area contributed by atoms with Gasteiger partial charge < -0.3 is 10.2 Å². The zero-order valence-corrected chi connectivity index (χ0v) is 12.1. The molecule has 1 N–H and O–H groups in total. The van der Waals surface area contributed by atoms with Crippen molar-refractivity contribution in [1.82, 2.24) is 4.90 Å². The molecular weight excluding hydrogens is 327 g/mol. The number of nitrogens with one attached hydrogen (secondary N) is 1. The molecule has 0 radical (unpaired) electrons. The molecule has 0 spiro atoms. The lowest BCUT2D eigenvalue weighted by Crippen LogP contribution is -2.38. The van der Waals surface area contributed by atoms with Gasteiger partial charge in [-0.15, -0.1) is 0 Å². The Labute approximate surface area is 116 Å². The van der Waals surface area contributed by atoms with Gasteiger partial charge in [0.2, 0.25) is 5.91 Å². The molecule has 4 heteroatoms. The molecular formula is C13H17IN2O. The van der Waals surface area contributed by atoms with Crippen LogP contribution in [0.15, 0.2) is 24.3 Å². The Hall–Kier alpha value is -0.620. The average Bonchev–Trinajstić information content (AvgIpc) is 2.32. The number of carbonyl (C=O) groups is 1. The van der Waals surface area contributed by atoms with Gasteiger partial charge in [0.25, 0.3) is 0 Å². The summed E-state index contributed by atoms with van der Waals surface area (Å²) in [7, 11) is 2.07. The number of nitrogens with zero attached hydrogens (tertiary/aromatic N) is 1. The number of likely N-dealkylation sites (tertiary alicyclic amines) is 1. The molecule has 1 fully saturated rings. The van der Waals surface area contributed by atoms with E-state index in [9.17, 15) is 4.79 Å². The van der Waals surface area contributed by atoms with Gasteiger partial charge in [0.15, 0.2) is 0 Å². The molecule has 1 heterocycles. The molecule has 1 aliphatic rings. The second-order valence-electron chi connectivity index (χ2n) is 4.60. The van der Waals surface area contributed by atoms with Crippen molar-refractivity contribution in [3.8, 4) is 0 Å². The van der Waals surface area contributed by atoms with Gasteiger partial charge in [-0.25, -0.2) is 0 Å². The molecule has 2 rings (SSSR count). The van der Waals surface area contributed by atoms with Crippen LogP contribution >= 0.6 is 22.6 Å². The van der Waals surface area contributed by atoms with Crippen LogP contribution in [0.5, 0.6) is 0 Å². The molecule has 1 aromatic rings. The standard InChI is InChI=1S/C13H17IN2O/c1-16-8-2-3-10(9-16)13(17)15-12-6-4-11(14)5-7-12/h4-7,10H,2-3,8-9H2,1H3,(H,15,17)/t10-/m1/s1. The molecule has 3 nitrogen and oxygen atoms in total. The van der Waals surface area contributed by atoms with Crippen molar-refractivity contribution in [1.29, 1.82) is 0 Å². The second kappa shape index (κ2) is 5.82. The molecule has 0 unspecified atom stereocenters. The van der Waals surface area contributed by atoms with Gasteiger partial charge in [-0.2, -0.15) is 0 Å². The third-order valence-corrected chi connectivity index (χ3v) is 3.83. The Morgan fingerprint density at radius 3 is 2.76 bits per heavy atom. The first-order valence-electron chi connectivity index (χ1n) is 5.90. The maximum atomic E-state index is 12.1. The van der Waals surface area contributed by atoms with E-state index in [-0.39, 0.29) is 11.8 Å². The fraction of sp³-hybridized carbons (Fsp3) is 0.462. The number of benzene rings is 1. The minimum Gasteiger partial charge on any atom is -0.326 e. The monoisotopic (exact) mass is 344 g/mol. The van der Waals surface area contributed by atoms with Crippen LogP contribution in [0.4, 0.5) is 5.69 Å². The summed E-state index contributed by atoms with van der Waals surface area (Å²) < 4.78 is 1.18. The smallest absolute Gasteiger partial charge is 0.228 e. The Morgan fingerprint density at radius 2 is 2.12 bits per heavy atom. The zero-order valence-electron chi connectivity index (χ0n) is 9.95. The average molecular weight is 344 g/mol. The van der Waals surface area contributed by atoms with E-state index in [2.05, 4.69) is 39.9 Å². The largest absolute Gasteiger partial charge is 0.326 e. The highest BCUT2D eigenvalue weighted by Crippen LogP contribution is 2.18. The number of amides is 1. The first-order valence-corrected chi connectivity index (χ1v) is 6.98. The number of carbonyl (C=O) groups excluding carboxylic acids is 1. The minimum absolute atomic E-state index is 0.132. The fourth-order valence-corrected chi connectivity index (χ4v) is 2.52. The Bertz CT molecular complexity index is 391. The molecule has 17 heavy (non-hydrogen) atoms. The van der Waals surface area contributed by atoms with Crippen molar-refractivity contribution < 1.29 is 4.79 Å². The van der Waals surface area contributed by atoms with Crippen molar-refractivity contribution in [3.63, 3.8) is 0 Å². The lowest BCUT2D eigenvalue weighted by molar-refractivity contribution is -0.121. The van der Waals surface area contributed by atoms with Gasteiger partial charge in [0.1, 0.15) is 0 Å². The van der Waals surface area contributed by atoms with Crippen LogP contribution in [0.3, 0.4) is 0 Å². The number of rotatable bonds is 2. The van der Waals surface area contributed by atoms with Crippen molar-refractivity contribution in [2.24, 2.45) is 5.92 Å². The maximum Gasteiger partial charge on any atom is 0.228 e. The van der Waals surface area contributed by atoms with Crippen LogP contribution in [-0.4, -0.2) is 30.9 Å². The van der Waals surface area contributed by atoms with E-state index in [1.807, 2.05) is 24.3 Å². The van der Waals surface area contributed by atoms with E-state index in [1.54, 1.807) is 0 Å². The normalized spacial score (nSPS) is 21.2. The molecule has 92 valence electrons. The van der Waals surface area contributed by atoms with Gasteiger partial charge >= 0.3 is 0 Å². The predicted octanol–water partition coefficient (Wildman–Crippen LogP) is 2.57. The summed E-state index contributed by atoms with van der Waals surface area (Å²) in [6.07, 6.45) is 2.11. The molecule has 0 bridgehead atoms. The molecule has 1 aromatic carbocycles. The molecule has 1 atom stereocenters. The minimum atomic E-state index is 0.132. The maximum absolute atomic E-state index is 12.1. The lowest BCUT2D eigenvalue weighted by Gasteiger charge is -2.28. The van der Waals surface area contributed by atoms with Crippen LogP contribution in [0.25, 0.3) is 0 Å². The van der Waals surface area contributed by atoms with E-state index in [4.69, 9.17) is 0 Å². The van der Waals surface area contributed by atoms with Crippen LogP contribution < -0.4 is 5.32 Å². The Kier molecular flexibility index (Phi) is 4.39. The van der Waals surface area contributed by atoms with Gasteiger partial charge in [0, 0.05) is 15.8 Å². The third kappa shape index (κ3) is 3.67. The quantitative estimate of drug-likeness (QED) is 0.837. The SMILES string of the molecule is CN1CCC[C@@H](C(=O)Nc2ccc(I)cc2)C1. The Balaban J connectivity index is 1.94. The van der Waals surface area contributed by atoms with Crippen LogP contribution in [0.1, 0.15) is 12.8 Å². The van der Waals surface area contributed by atoms with Gasteiger partial charge in [0.05, 0.1) is 5.92 Å². The first-order chi connectivity index (χ1) is 8.15. The topological polar surface area (TPSA) is 32.3 Å². The highest BCUT2D eigenvalue weighted by molar-refractivity contribution is 14.1. The number of piperidine rings is 1. The summed E-state index contributed by atoms with van der Waals surface area (Å²) >= 11 is 2.26. The van der Waals surface area contributed by atoms with Crippen LogP contribution in [-0.2, 0) is 4.79 Å². The van der Waals surface area contributed by atoms with E-state index in [1.165, 1.54) is 3.57 Å². The van der Waals surface area contributed by atoms with E-state index >= 15 is 0 Å². The van der Waals surface area contributed by atoms with E-state index in [0.717, 1.165) is 31.6 Å².